The smallest absolute Gasteiger partial charge is 0.283 e. The lowest BCUT2D eigenvalue weighted by Crippen LogP contribution is -2.31. The molecule has 0 aliphatic carbocycles. The van der Waals surface area contributed by atoms with Crippen LogP contribution in [0.1, 0.15) is 29.4 Å². The molecule has 0 radical (unpaired) electrons. The van der Waals surface area contributed by atoms with Crippen molar-refractivity contribution < 1.29 is 13.5 Å². The van der Waals surface area contributed by atoms with Crippen molar-refractivity contribution in [2.24, 2.45) is 5.73 Å². The standard InChI is InChI=1S/C23H19F2N5O2/c24-17-10-18(25)12-19(11-17)30-22(28-29-8-6-16(13-26)21(29)23(30)31)20(27)7-9-32-14-15-4-2-1-3-5-15/h1-6,8,10-12,20H,7,9,14,27H2/t20-/m0/s1. The fourth-order valence-electron chi connectivity index (χ4n) is 3.44. The molecular weight excluding hydrogens is 416 g/mol. The Balaban J connectivity index is 1.69. The van der Waals surface area contributed by atoms with Gasteiger partial charge in [0, 0.05) is 18.9 Å². The van der Waals surface area contributed by atoms with Crippen LogP contribution in [0.25, 0.3) is 11.2 Å². The zero-order valence-electron chi connectivity index (χ0n) is 16.9. The molecule has 7 nitrogen and oxygen atoms in total. The molecule has 2 aromatic heterocycles. The molecule has 4 aromatic rings. The van der Waals surface area contributed by atoms with Gasteiger partial charge in [0.1, 0.15) is 23.2 Å². The fourth-order valence-corrected chi connectivity index (χ4v) is 3.44. The number of ether oxygens (including phenoxy) is 1. The van der Waals surface area contributed by atoms with Crippen molar-refractivity contribution in [3.8, 4) is 11.8 Å². The third kappa shape index (κ3) is 4.27. The topological polar surface area (TPSA) is 98.3 Å². The summed E-state index contributed by atoms with van der Waals surface area (Å²) in [5, 5.41) is 13.7. The molecule has 162 valence electrons. The summed E-state index contributed by atoms with van der Waals surface area (Å²) in [7, 11) is 0. The molecule has 2 N–H and O–H groups in total. The Morgan fingerprint density at radius 2 is 1.84 bits per heavy atom. The van der Waals surface area contributed by atoms with Gasteiger partial charge in [-0.15, -0.1) is 0 Å². The van der Waals surface area contributed by atoms with Crippen LogP contribution in [0.5, 0.6) is 0 Å². The Morgan fingerprint density at radius 3 is 2.53 bits per heavy atom. The molecule has 0 spiro atoms. The van der Waals surface area contributed by atoms with Crippen molar-refractivity contribution in [3.63, 3.8) is 0 Å². The highest BCUT2D eigenvalue weighted by atomic mass is 19.1. The maximum absolute atomic E-state index is 13.9. The highest BCUT2D eigenvalue weighted by Gasteiger charge is 2.21. The number of nitrogens with zero attached hydrogens (tertiary/aromatic N) is 4. The number of halogens is 2. The van der Waals surface area contributed by atoms with E-state index in [4.69, 9.17) is 10.5 Å². The second kappa shape index (κ2) is 9.09. The number of rotatable bonds is 7. The van der Waals surface area contributed by atoms with E-state index in [1.807, 2.05) is 36.4 Å². The van der Waals surface area contributed by atoms with Crippen molar-refractivity contribution in [1.29, 1.82) is 5.26 Å². The Kier molecular flexibility index (Phi) is 6.07. The normalized spacial score (nSPS) is 12.1. The molecule has 0 aliphatic heterocycles. The first-order chi connectivity index (χ1) is 15.5. The Hall–Kier alpha value is -3.87. The number of hydrogen-bond acceptors (Lipinski definition) is 5. The lowest BCUT2D eigenvalue weighted by molar-refractivity contribution is 0.113. The number of aromatic nitrogens is 3. The predicted octanol–water partition coefficient (Wildman–Crippen LogP) is 3.24. The van der Waals surface area contributed by atoms with Crippen LogP contribution in [0.2, 0.25) is 0 Å². The van der Waals surface area contributed by atoms with Crippen molar-refractivity contribution >= 4 is 5.52 Å². The highest BCUT2D eigenvalue weighted by molar-refractivity contribution is 5.60. The van der Waals surface area contributed by atoms with Gasteiger partial charge in [0.05, 0.1) is 23.9 Å². The molecule has 0 bridgehead atoms. The van der Waals surface area contributed by atoms with Gasteiger partial charge < -0.3 is 10.5 Å². The fraction of sp³-hybridized carbons (Fsp3) is 0.174. The number of fused-ring (bicyclic) bond motifs is 1. The van der Waals surface area contributed by atoms with Crippen molar-refractivity contribution in [2.45, 2.75) is 19.1 Å². The molecule has 0 saturated carbocycles. The van der Waals surface area contributed by atoms with Gasteiger partial charge in [0.15, 0.2) is 5.82 Å². The Labute approximate surface area is 181 Å². The van der Waals surface area contributed by atoms with Gasteiger partial charge in [0.2, 0.25) is 0 Å². The highest BCUT2D eigenvalue weighted by Crippen LogP contribution is 2.19. The average molecular weight is 435 g/mol. The second-order valence-corrected chi connectivity index (χ2v) is 7.19. The molecule has 0 amide bonds. The molecule has 1 atom stereocenters. The van der Waals surface area contributed by atoms with Crippen LogP contribution in [0, 0.1) is 23.0 Å². The zero-order chi connectivity index (χ0) is 22.7. The summed E-state index contributed by atoms with van der Waals surface area (Å²) in [4.78, 5) is 13.3. The van der Waals surface area contributed by atoms with Gasteiger partial charge in [-0.2, -0.15) is 10.4 Å². The van der Waals surface area contributed by atoms with Crippen molar-refractivity contribution in [1.82, 2.24) is 14.2 Å². The van der Waals surface area contributed by atoms with Crippen molar-refractivity contribution in [2.75, 3.05) is 6.61 Å². The summed E-state index contributed by atoms with van der Waals surface area (Å²) >= 11 is 0. The number of hydrogen-bond donors (Lipinski definition) is 1. The third-order valence-corrected chi connectivity index (χ3v) is 4.95. The first-order valence-corrected chi connectivity index (χ1v) is 9.86. The number of benzene rings is 2. The third-order valence-electron chi connectivity index (χ3n) is 4.95. The maximum atomic E-state index is 13.9. The van der Waals surface area contributed by atoms with E-state index in [0.717, 1.165) is 22.3 Å². The molecule has 0 unspecified atom stereocenters. The average Bonchev–Trinajstić information content (AvgIpc) is 3.20. The number of nitriles is 1. The van der Waals surface area contributed by atoms with E-state index in [0.29, 0.717) is 19.1 Å². The molecule has 0 aliphatic rings. The van der Waals surface area contributed by atoms with Gasteiger partial charge >= 0.3 is 0 Å². The summed E-state index contributed by atoms with van der Waals surface area (Å²) in [6.07, 6.45) is 1.77. The minimum absolute atomic E-state index is 0.00607. The SMILES string of the molecule is N#Cc1ccn2nc([C@@H](N)CCOCc3ccccc3)n(-c3cc(F)cc(F)c3)c(=O)c12. The van der Waals surface area contributed by atoms with Crippen LogP contribution in [0.4, 0.5) is 8.78 Å². The Bertz CT molecular complexity index is 1340. The Morgan fingerprint density at radius 1 is 1.12 bits per heavy atom. The minimum Gasteiger partial charge on any atom is -0.377 e. The van der Waals surface area contributed by atoms with Crippen LogP contribution in [-0.2, 0) is 11.3 Å². The molecule has 9 heteroatoms. The zero-order valence-corrected chi connectivity index (χ0v) is 16.9. The van der Waals surface area contributed by atoms with E-state index < -0.39 is 23.2 Å². The quantitative estimate of drug-likeness (QED) is 0.450. The molecular formula is C23H19F2N5O2. The summed E-state index contributed by atoms with van der Waals surface area (Å²) in [5.74, 6) is -1.61. The van der Waals surface area contributed by atoms with Crippen LogP contribution in [0.15, 0.2) is 65.6 Å². The first-order valence-electron chi connectivity index (χ1n) is 9.86. The molecule has 2 aromatic carbocycles. The van der Waals surface area contributed by atoms with Gasteiger partial charge in [-0.05, 0) is 30.2 Å². The van der Waals surface area contributed by atoms with Gasteiger partial charge in [0.25, 0.3) is 5.56 Å². The van der Waals surface area contributed by atoms with Crippen LogP contribution in [0.3, 0.4) is 0 Å². The van der Waals surface area contributed by atoms with E-state index in [9.17, 15) is 18.8 Å². The largest absolute Gasteiger partial charge is 0.377 e. The molecule has 0 saturated heterocycles. The van der Waals surface area contributed by atoms with Gasteiger partial charge in [-0.25, -0.2) is 13.3 Å². The van der Waals surface area contributed by atoms with E-state index in [2.05, 4.69) is 5.10 Å². The van der Waals surface area contributed by atoms with E-state index in [-0.39, 0.29) is 29.2 Å². The van der Waals surface area contributed by atoms with E-state index in [1.54, 1.807) is 0 Å². The molecule has 0 fully saturated rings. The first kappa shape index (κ1) is 21.4. The lowest BCUT2D eigenvalue weighted by Gasteiger charge is -2.18. The van der Waals surface area contributed by atoms with E-state index in [1.165, 1.54) is 16.8 Å². The summed E-state index contributed by atoms with van der Waals surface area (Å²) in [6, 6.07) is 14.9. The van der Waals surface area contributed by atoms with Crippen molar-refractivity contribution in [3.05, 3.63) is 99.7 Å². The van der Waals surface area contributed by atoms with Gasteiger partial charge in [-0.1, -0.05) is 30.3 Å². The van der Waals surface area contributed by atoms with Crippen LogP contribution < -0.4 is 11.3 Å². The van der Waals surface area contributed by atoms with Gasteiger partial charge in [-0.3, -0.25) is 9.36 Å². The maximum Gasteiger partial charge on any atom is 0.283 e. The summed E-state index contributed by atoms with van der Waals surface area (Å²) in [6.45, 7) is 0.668. The summed E-state index contributed by atoms with van der Waals surface area (Å²) < 4.78 is 35.8. The lowest BCUT2D eigenvalue weighted by atomic mass is 10.2. The molecule has 4 rings (SSSR count). The minimum atomic E-state index is -0.853. The second-order valence-electron chi connectivity index (χ2n) is 7.19. The summed E-state index contributed by atoms with van der Waals surface area (Å²) in [5.41, 5.74) is 6.70. The molecule has 2 heterocycles. The predicted molar refractivity (Wildman–Crippen MR) is 113 cm³/mol. The number of nitrogens with two attached hydrogens (primary N) is 1. The van der Waals surface area contributed by atoms with Crippen LogP contribution in [-0.4, -0.2) is 20.8 Å². The molecule has 32 heavy (non-hydrogen) atoms. The van der Waals surface area contributed by atoms with E-state index >= 15 is 0 Å². The monoisotopic (exact) mass is 435 g/mol. The van der Waals surface area contributed by atoms with Crippen LogP contribution >= 0.6 is 0 Å².